The van der Waals surface area contributed by atoms with Crippen LogP contribution in [0.25, 0.3) is 0 Å². The van der Waals surface area contributed by atoms with Crippen molar-refractivity contribution in [1.82, 2.24) is 14.4 Å². The predicted molar refractivity (Wildman–Crippen MR) is 88.3 cm³/mol. The number of sulfonamides is 1. The van der Waals surface area contributed by atoms with Crippen LogP contribution in [0, 0.1) is 5.82 Å². The van der Waals surface area contributed by atoms with E-state index in [1.165, 1.54) is 22.7 Å². The summed E-state index contributed by atoms with van der Waals surface area (Å²) in [7, 11) is -3.21. The highest BCUT2D eigenvalue weighted by Crippen LogP contribution is 2.27. The Labute approximate surface area is 145 Å². The predicted octanol–water partition coefficient (Wildman–Crippen LogP) is 1.97. The lowest BCUT2D eigenvalue weighted by Crippen LogP contribution is -2.38. The Morgan fingerprint density at radius 1 is 1.36 bits per heavy atom. The molecule has 1 aliphatic rings. The Kier molecular flexibility index (Phi) is 5.33. The molecule has 0 radical (unpaired) electrons. The molecule has 1 aromatic carbocycles. The van der Waals surface area contributed by atoms with Crippen molar-refractivity contribution in [2.75, 3.05) is 26.0 Å². The smallest absolute Gasteiger partial charge is 0.231 e. The van der Waals surface area contributed by atoms with E-state index < -0.39 is 10.0 Å². The first kappa shape index (κ1) is 17.8. The number of rotatable bonds is 6. The molecule has 136 valence electrons. The summed E-state index contributed by atoms with van der Waals surface area (Å²) in [6.45, 7) is 1.24. The van der Waals surface area contributed by atoms with E-state index in [9.17, 15) is 12.8 Å². The maximum atomic E-state index is 12.8. The van der Waals surface area contributed by atoms with E-state index in [0.717, 1.165) is 12.8 Å². The van der Waals surface area contributed by atoms with Crippen LogP contribution in [0.2, 0.25) is 0 Å². The maximum absolute atomic E-state index is 12.8. The largest absolute Gasteiger partial charge is 0.493 e. The zero-order chi connectivity index (χ0) is 17.9. The lowest BCUT2D eigenvalue weighted by atomic mass is 10.00. The van der Waals surface area contributed by atoms with Gasteiger partial charge in [0.15, 0.2) is 5.82 Å². The molecule has 3 rings (SSSR count). The van der Waals surface area contributed by atoms with E-state index in [2.05, 4.69) is 10.1 Å². The first-order valence-electron chi connectivity index (χ1n) is 8.08. The van der Waals surface area contributed by atoms with Crippen molar-refractivity contribution in [2.45, 2.75) is 25.2 Å². The van der Waals surface area contributed by atoms with E-state index in [1.807, 2.05) is 0 Å². The minimum atomic E-state index is -3.21. The first-order chi connectivity index (χ1) is 11.9. The Hall–Kier alpha value is -2.00. The highest BCUT2D eigenvalue weighted by atomic mass is 32.2. The molecule has 7 nitrogen and oxygen atoms in total. The van der Waals surface area contributed by atoms with Crippen molar-refractivity contribution in [1.29, 1.82) is 0 Å². The van der Waals surface area contributed by atoms with Crippen LogP contribution >= 0.6 is 0 Å². The summed E-state index contributed by atoms with van der Waals surface area (Å²) in [6.07, 6.45) is 3.24. The quantitative estimate of drug-likeness (QED) is 0.774. The standard InChI is InChI=1S/C16H20FN3O4S/c1-25(21,22)20-9-2-3-12(11-20)16-18-15(19-24-16)8-10-23-14-6-4-13(17)5-7-14/h4-7,12H,2-3,8-11H2,1H3. The molecule has 0 saturated carbocycles. The van der Waals surface area contributed by atoms with Gasteiger partial charge in [0.05, 0.1) is 18.8 Å². The SMILES string of the molecule is CS(=O)(=O)N1CCCC(c2nc(CCOc3ccc(F)cc3)no2)C1. The van der Waals surface area contributed by atoms with Gasteiger partial charge in [0, 0.05) is 19.5 Å². The second kappa shape index (κ2) is 7.49. The highest BCUT2D eigenvalue weighted by Gasteiger charge is 2.30. The van der Waals surface area contributed by atoms with Gasteiger partial charge in [-0.2, -0.15) is 4.98 Å². The Balaban J connectivity index is 1.54. The number of aromatic nitrogens is 2. The Morgan fingerprint density at radius 2 is 2.12 bits per heavy atom. The molecule has 0 spiro atoms. The molecular weight excluding hydrogens is 349 g/mol. The summed E-state index contributed by atoms with van der Waals surface area (Å²) in [5.74, 6) is 1.15. The molecule has 0 N–H and O–H groups in total. The van der Waals surface area contributed by atoms with Gasteiger partial charge >= 0.3 is 0 Å². The van der Waals surface area contributed by atoms with E-state index in [1.54, 1.807) is 12.1 Å². The topological polar surface area (TPSA) is 85.5 Å². The summed E-state index contributed by atoms with van der Waals surface area (Å²) < 4.78 is 48.4. The molecule has 1 unspecified atom stereocenters. The van der Waals surface area contributed by atoms with Crippen LogP contribution in [0.4, 0.5) is 4.39 Å². The van der Waals surface area contributed by atoms with Crippen molar-refractivity contribution in [2.24, 2.45) is 0 Å². The molecule has 2 aromatic rings. The fourth-order valence-electron chi connectivity index (χ4n) is 2.77. The molecule has 0 aliphatic carbocycles. The van der Waals surface area contributed by atoms with Crippen LogP contribution in [-0.2, 0) is 16.4 Å². The molecule has 25 heavy (non-hydrogen) atoms. The molecule has 1 atom stereocenters. The van der Waals surface area contributed by atoms with E-state index in [4.69, 9.17) is 9.26 Å². The van der Waals surface area contributed by atoms with E-state index >= 15 is 0 Å². The Morgan fingerprint density at radius 3 is 2.84 bits per heavy atom. The normalized spacial score (nSPS) is 19.0. The van der Waals surface area contributed by atoms with Gasteiger partial charge in [-0.05, 0) is 37.1 Å². The maximum Gasteiger partial charge on any atom is 0.231 e. The number of hydrogen-bond donors (Lipinski definition) is 0. The average Bonchev–Trinajstić information content (AvgIpc) is 3.05. The minimum Gasteiger partial charge on any atom is -0.493 e. The fourth-order valence-corrected chi connectivity index (χ4v) is 3.68. The number of hydrogen-bond acceptors (Lipinski definition) is 6. The first-order valence-corrected chi connectivity index (χ1v) is 9.92. The molecule has 1 saturated heterocycles. The number of nitrogens with zero attached hydrogens (tertiary/aromatic N) is 3. The summed E-state index contributed by atoms with van der Waals surface area (Å²) >= 11 is 0. The minimum absolute atomic E-state index is 0.0808. The van der Waals surface area contributed by atoms with Gasteiger partial charge in [0.2, 0.25) is 15.9 Å². The number of ether oxygens (including phenoxy) is 1. The van der Waals surface area contributed by atoms with Crippen LogP contribution in [0.15, 0.2) is 28.8 Å². The third-order valence-electron chi connectivity index (χ3n) is 4.09. The molecule has 2 heterocycles. The van der Waals surface area contributed by atoms with Crippen LogP contribution < -0.4 is 4.74 Å². The molecular formula is C16H20FN3O4S. The Bertz CT molecular complexity index is 807. The number of piperidine rings is 1. The zero-order valence-electron chi connectivity index (χ0n) is 13.9. The molecule has 1 aromatic heterocycles. The lowest BCUT2D eigenvalue weighted by Gasteiger charge is -2.28. The molecule has 0 amide bonds. The van der Waals surface area contributed by atoms with Crippen molar-refractivity contribution in [3.63, 3.8) is 0 Å². The molecule has 1 fully saturated rings. The van der Waals surface area contributed by atoms with Crippen LogP contribution in [0.1, 0.15) is 30.5 Å². The van der Waals surface area contributed by atoms with Crippen LogP contribution in [0.5, 0.6) is 5.75 Å². The number of benzene rings is 1. The van der Waals surface area contributed by atoms with Crippen LogP contribution in [0.3, 0.4) is 0 Å². The second-order valence-corrected chi connectivity index (χ2v) is 8.04. The van der Waals surface area contributed by atoms with E-state index in [0.29, 0.717) is 43.6 Å². The van der Waals surface area contributed by atoms with Crippen molar-refractivity contribution in [3.05, 3.63) is 41.8 Å². The molecule has 1 aliphatic heterocycles. The van der Waals surface area contributed by atoms with Gasteiger partial charge in [-0.25, -0.2) is 17.1 Å². The van der Waals surface area contributed by atoms with Gasteiger partial charge < -0.3 is 9.26 Å². The highest BCUT2D eigenvalue weighted by molar-refractivity contribution is 7.88. The summed E-state index contributed by atoms with van der Waals surface area (Å²) in [4.78, 5) is 4.36. The third kappa shape index (κ3) is 4.76. The fraction of sp³-hybridized carbons (Fsp3) is 0.500. The summed E-state index contributed by atoms with van der Waals surface area (Å²) in [5, 5.41) is 3.93. The molecule has 9 heteroatoms. The summed E-state index contributed by atoms with van der Waals surface area (Å²) in [6, 6.07) is 5.77. The molecule has 0 bridgehead atoms. The third-order valence-corrected chi connectivity index (χ3v) is 5.36. The van der Waals surface area contributed by atoms with Crippen molar-refractivity contribution >= 4 is 10.0 Å². The van der Waals surface area contributed by atoms with E-state index in [-0.39, 0.29) is 11.7 Å². The van der Waals surface area contributed by atoms with Crippen molar-refractivity contribution in [3.8, 4) is 5.75 Å². The van der Waals surface area contributed by atoms with Gasteiger partial charge in [-0.1, -0.05) is 5.16 Å². The summed E-state index contributed by atoms with van der Waals surface area (Å²) in [5.41, 5.74) is 0. The second-order valence-electron chi connectivity index (χ2n) is 6.06. The lowest BCUT2D eigenvalue weighted by molar-refractivity contribution is 0.265. The monoisotopic (exact) mass is 369 g/mol. The van der Waals surface area contributed by atoms with Crippen molar-refractivity contribution < 1.29 is 22.1 Å². The number of halogens is 1. The van der Waals surface area contributed by atoms with Gasteiger partial charge in [0.1, 0.15) is 11.6 Å². The zero-order valence-corrected chi connectivity index (χ0v) is 14.7. The van der Waals surface area contributed by atoms with Gasteiger partial charge in [-0.15, -0.1) is 0 Å². The van der Waals surface area contributed by atoms with Gasteiger partial charge in [-0.3, -0.25) is 0 Å². The van der Waals surface area contributed by atoms with Gasteiger partial charge in [0.25, 0.3) is 0 Å². The van der Waals surface area contributed by atoms with Crippen LogP contribution in [-0.4, -0.2) is 48.8 Å². The average molecular weight is 369 g/mol.